The van der Waals surface area contributed by atoms with Gasteiger partial charge in [0.05, 0.1) is 12.0 Å². The molecule has 34 heavy (non-hydrogen) atoms. The van der Waals surface area contributed by atoms with Crippen LogP contribution in [0.1, 0.15) is 67.7 Å². The lowest BCUT2D eigenvalue weighted by molar-refractivity contribution is -0.260. The van der Waals surface area contributed by atoms with Crippen LogP contribution in [0.4, 0.5) is 0 Å². The molecule has 2 heterocycles. The van der Waals surface area contributed by atoms with E-state index in [1.807, 2.05) is 32.9 Å². The van der Waals surface area contributed by atoms with Crippen molar-refractivity contribution in [2.45, 2.75) is 104 Å². The number of aliphatic hydroxyl groups is 1. The average Bonchev–Trinajstić information content (AvgIpc) is 3.15. The van der Waals surface area contributed by atoms with Crippen LogP contribution < -0.4 is 0 Å². The van der Waals surface area contributed by atoms with Crippen molar-refractivity contribution in [3.8, 4) is 0 Å². The smallest absolute Gasteiger partial charge is 0.302 e. The Morgan fingerprint density at radius 1 is 1.15 bits per heavy atom. The van der Waals surface area contributed by atoms with Gasteiger partial charge >= 0.3 is 5.97 Å². The van der Waals surface area contributed by atoms with E-state index in [0.29, 0.717) is 19.1 Å². The van der Waals surface area contributed by atoms with Crippen LogP contribution in [0.15, 0.2) is 23.3 Å². The van der Waals surface area contributed by atoms with Crippen molar-refractivity contribution in [2.24, 2.45) is 16.7 Å². The van der Waals surface area contributed by atoms with Crippen LogP contribution in [0.2, 0.25) is 0 Å². The van der Waals surface area contributed by atoms with Crippen LogP contribution in [0.3, 0.4) is 0 Å². The van der Waals surface area contributed by atoms with Gasteiger partial charge in [-0.05, 0) is 46.6 Å². The highest BCUT2D eigenvalue weighted by Gasteiger charge is 2.72. The summed E-state index contributed by atoms with van der Waals surface area (Å²) in [6.07, 6.45) is 2.47. The molecule has 0 amide bonds. The Balaban J connectivity index is 1.79. The molecule has 0 aromatic heterocycles. The van der Waals surface area contributed by atoms with Crippen LogP contribution >= 0.6 is 0 Å². The first-order valence-electron chi connectivity index (χ1n) is 12.0. The molecule has 2 aliphatic carbocycles. The first-order valence-corrected chi connectivity index (χ1v) is 12.0. The summed E-state index contributed by atoms with van der Waals surface area (Å²) in [4.78, 5) is 37.3. The van der Waals surface area contributed by atoms with Crippen molar-refractivity contribution >= 4 is 18.0 Å². The Labute approximate surface area is 200 Å². The molecule has 0 radical (unpaired) electrons. The molecule has 7 atom stereocenters. The van der Waals surface area contributed by atoms with Gasteiger partial charge < -0.3 is 28.8 Å². The fourth-order valence-electron chi connectivity index (χ4n) is 6.25. The quantitative estimate of drug-likeness (QED) is 0.487. The summed E-state index contributed by atoms with van der Waals surface area (Å²) >= 11 is 0. The molecule has 0 aromatic carbocycles. The van der Waals surface area contributed by atoms with Crippen LogP contribution in [0, 0.1) is 16.7 Å². The third-order valence-electron chi connectivity index (χ3n) is 8.23. The summed E-state index contributed by atoms with van der Waals surface area (Å²) in [5.74, 6) is -2.33. The van der Waals surface area contributed by atoms with E-state index in [1.165, 1.54) is 6.92 Å². The summed E-state index contributed by atoms with van der Waals surface area (Å²) in [7, 11) is 0. The number of rotatable bonds is 4. The van der Waals surface area contributed by atoms with Crippen molar-refractivity contribution in [3.05, 3.63) is 23.3 Å². The molecule has 8 heteroatoms. The molecule has 1 unspecified atom stereocenters. The highest BCUT2D eigenvalue weighted by atomic mass is 16.8. The van der Waals surface area contributed by atoms with Gasteiger partial charge in [0, 0.05) is 30.6 Å². The fraction of sp³-hybridized carbons (Fsp3) is 0.731. The first kappa shape index (κ1) is 25.2. The largest absolute Gasteiger partial charge is 0.462 e. The first-order chi connectivity index (χ1) is 15.7. The van der Waals surface area contributed by atoms with Crippen LogP contribution in [-0.2, 0) is 33.3 Å². The highest BCUT2D eigenvalue weighted by molar-refractivity contribution is 5.89. The number of ether oxygens (including phenoxy) is 4. The molecule has 4 aliphatic rings. The average molecular weight is 477 g/mol. The maximum Gasteiger partial charge on any atom is 0.302 e. The molecule has 4 rings (SSSR count). The number of hydrogen-bond donors (Lipinski definition) is 1. The Morgan fingerprint density at radius 2 is 1.82 bits per heavy atom. The number of Topliss-reactive ketones (excluding diaryl/α,β-unsaturated/α-hetero) is 1. The molecule has 2 aliphatic heterocycles. The predicted octanol–water partition coefficient (Wildman–Crippen LogP) is 3.01. The van der Waals surface area contributed by atoms with Crippen molar-refractivity contribution in [1.29, 1.82) is 0 Å². The van der Waals surface area contributed by atoms with Crippen LogP contribution in [0.5, 0.6) is 0 Å². The summed E-state index contributed by atoms with van der Waals surface area (Å²) in [5.41, 5.74) is -1.46. The summed E-state index contributed by atoms with van der Waals surface area (Å²) in [6, 6.07) is 0. The van der Waals surface area contributed by atoms with Gasteiger partial charge in [0.1, 0.15) is 29.9 Å². The molecule has 1 N–H and O–H groups in total. The van der Waals surface area contributed by atoms with E-state index in [0.717, 1.165) is 11.1 Å². The normalized spacial score (nSPS) is 43.1. The summed E-state index contributed by atoms with van der Waals surface area (Å²) in [6.45, 7) is 12.4. The summed E-state index contributed by atoms with van der Waals surface area (Å²) < 4.78 is 23.5. The Hall–Kier alpha value is -1.87. The van der Waals surface area contributed by atoms with E-state index in [9.17, 15) is 19.5 Å². The van der Waals surface area contributed by atoms with Crippen molar-refractivity contribution in [2.75, 3.05) is 0 Å². The second-order valence-corrected chi connectivity index (χ2v) is 11.3. The zero-order valence-corrected chi connectivity index (χ0v) is 21.0. The number of fused-ring (bicyclic) bond motifs is 3. The van der Waals surface area contributed by atoms with E-state index in [1.54, 1.807) is 20.8 Å². The number of aldehydes is 1. The minimum absolute atomic E-state index is 0.152. The minimum atomic E-state index is -1.68. The Bertz CT molecular complexity index is 962. The van der Waals surface area contributed by atoms with Gasteiger partial charge in [-0.15, -0.1) is 0 Å². The minimum Gasteiger partial charge on any atom is -0.462 e. The zero-order valence-electron chi connectivity index (χ0n) is 21.0. The second-order valence-electron chi connectivity index (χ2n) is 11.3. The van der Waals surface area contributed by atoms with Gasteiger partial charge in [0.2, 0.25) is 0 Å². The van der Waals surface area contributed by atoms with E-state index < -0.39 is 58.7 Å². The molecular formula is C26H36O8. The Morgan fingerprint density at radius 3 is 2.44 bits per heavy atom. The molecule has 2 saturated heterocycles. The lowest BCUT2D eigenvalue weighted by Gasteiger charge is -2.52. The van der Waals surface area contributed by atoms with Gasteiger partial charge in [-0.2, -0.15) is 0 Å². The SMILES string of the molecule is CC(=O)O[C@H]1CC2O[C@@H]3OC(C)(C)O[C@@H]3[C@@]2(O)[C@H](C=O)[C@]1(C)/C=C\C1=C(C)CCC(=O)C1(C)C. The molecule has 3 fully saturated rings. The van der Waals surface area contributed by atoms with Crippen molar-refractivity contribution in [3.63, 3.8) is 0 Å². The van der Waals surface area contributed by atoms with Gasteiger partial charge in [-0.25, -0.2) is 0 Å². The second kappa shape index (κ2) is 8.08. The number of carbonyl (C=O) groups is 3. The highest BCUT2D eigenvalue weighted by Crippen LogP contribution is 2.57. The third-order valence-corrected chi connectivity index (χ3v) is 8.23. The van der Waals surface area contributed by atoms with Crippen LogP contribution in [0.25, 0.3) is 0 Å². The predicted molar refractivity (Wildman–Crippen MR) is 121 cm³/mol. The molecule has 188 valence electrons. The molecule has 1 saturated carbocycles. The number of carbonyl (C=O) groups excluding carboxylic acids is 3. The van der Waals surface area contributed by atoms with Crippen molar-refractivity contribution in [1.82, 2.24) is 0 Å². The van der Waals surface area contributed by atoms with Gasteiger partial charge in [-0.1, -0.05) is 24.6 Å². The number of ketones is 1. The molecule has 0 bridgehead atoms. The fourth-order valence-corrected chi connectivity index (χ4v) is 6.25. The van der Waals surface area contributed by atoms with Gasteiger partial charge in [-0.3, -0.25) is 9.59 Å². The maximum absolute atomic E-state index is 12.6. The van der Waals surface area contributed by atoms with E-state index in [2.05, 4.69) is 0 Å². The van der Waals surface area contributed by atoms with Gasteiger partial charge in [0.25, 0.3) is 0 Å². The lowest BCUT2D eigenvalue weighted by Crippen LogP contribution is -2.66. The third kappa shape index (κ3) is 3.70. The Kier molecular flexibility index (Phi) is 6.00. The number of hydrogen-bond acceptors (Lipinski definition) is 8. The molecule has 8 nitrogen and oxygen atoms in total. The molecule has 0 aromatic rings. The monoisotopic (exact) mass is 476 g/mol. The lowest BCUT2D eigenvalue weighted by atomic mass is 9.57. The molecule has 0 spiro atoms. The van der Waals surface area contributed by atoms with Crippen LogP contribution in [-0.4, -0.2) is 59.1 Å². The topological polar surface area (TPSA) is 108 Å². The van der Waals surface area contributed by atoms with E-state index in [-0.39, 0.29) is 12.2 Å². The standard InChI is InChI=1S/C26H36O8/c1-14-8-9-18(29)23(3,4)16(14)10-11-25(7)17(13-27)26(30)20(12-19(25)31-15(2)28)32-22-21(26)33-24(5,6)34-22/h10-11,13,17,19-22,30H,8-9,12H2,1-7H3/b11-10-/t17-,19+,20?,21+,22-,25+,26-/m1/s1. The van der Waals surface area contributed by atoms with Gasteiger partial charge in [0.15, 0.2) is 12.1 Å². The summed E-state index contributed by atoms with van der Waals surface area (Å²) in [5, 5.41) is 12.0. The maximum atomic E-state index is 12.6. The zero-order chi connectivity index (χ0) is 25.3. The number of esters is 1. The number of allylic oxidation sites excluding steroid dienone is 3. The van der Waals surface area contributed by atoms with E-state index in [4.69, 9.17) is 18.9 Å². The molecular weight excluding hydrogens is 440 g/mol. The van der Waals surface area contributed by atoms with E-state index >= 15 is 0 Å². The van der Waals surface area contributed by atoms with Crippen molar-refractivity contribution < 1.29 is 38.4 Å².